The van der Waals surface area contributed by atoms with Gasteiger partial charge in [0.05, 0.1) is 5.69 Å². The molecule has 1 aromatic heterocycles. The fourth-order valence-electron chi connectivity index (χ4n) is 2.46. The van der Waals surface area contributed by atoms with Gasteiger partial charge in [-0.3, -0.25) is 4.79 Å². The highest BCUT2D eigenvalue weighted by Gasteiger charge is 2.27. The summed E-state index contributed by atoms with van der Waals surface area (Å²) in [6, 6.07) is 3.64. The molecule has 18 heavy (non-hydrogen) atoms. The highest BCUT2D eigenvalue weighted by atomic mass is 16.1. The van der Waals surface area contributed by atoms with Crippen LogP contribution in [-0.2, 0) is 0 Å². The first kappa shape index (κ1) is 12.7. The first-order valence-corrected chi connectivity index (χ1v) is 6.33. The second-order valence-electron chi connectivity index (χ2n) is 5.03. The van der Waals surface area contributed by atoms with Crippen LogP contribution in [0.25, 0.3) is 0 Å². The highest BCUT2D eigenvalue weighted by Crippen LogP contribution is 2.30. The summed E-state index contributed by atoms with van der Waals surface area (Å²) in [5, 5.41) is 0. The predicted octanol–water partition coefficient (Wildman–Crippen LogP) is 1.39. The van der Waals surface area contributed by atoms with E-state index in [0.29, 0.717) is 23.5 Å². The maximum Gasteiger partial charge on any atom is 0.267 e. The molecule has 1 aliphatic heterocycles. The van der Waals surface area contributed by atoms with Gasteiger partial charge in [-0.15, -0.1) is 0 Å². The average Bonchev–Trinajstić information content (AvgIpc) is 2.33. The Morgan fingerprint density at radius 3 is 2.83 bits per heavy atom. The van der Waals surface area contributed by atoms with Gasteiger partial charge in [0.15, 0.2) is 5.82 Å². The van der Waals surface area contributed by atoms with Crippen LogP contribution in [0.2, 0.25) is 0 Å². The Hall–Kier alpha value is -1.78. The molecule has 4 N–H and O–H groups in total. The summed E-state index contributed by atoms with van der Waals surface area (Å²) in [7, 11) is 0. The van der Waals surface area contributed by atoms with Crippen LogP contribution in [0.4, 0.5) is 11.5 Å². The number of amides is 1. The van der Waals surface area contributed by atoms with E-state index < -0.39 is 5.91 Å². The minimum absolute atomic E-state index is 0.268. The Morgan fingerprint density at radius 2 is 2.17 bits per heavy atom. The van der Waals surface area contributed by atoms with Crippen molar-refractivity contribution in [2.24, 2.45) is 11.7 Å². The summed E-state index contributed by atoms with van der Waals surface area (Å²) in [4.78, 5) is 17.7. The number of carbonyl (C=O) groups excluding carboxylic acids is 1. The average molecular weight is 248 g/mol. The van der Waals surface area contributed by atoms with Crippen molar-refractivity contribution in [2.75, 3.05) is 17.2 Å². The van der Waals surface area contributed by atoms with Crippen LogP contribution in [0.3, 0.4) is 0 Å². The van der Waals surface area contributed by atoms with E-state index >= 15 is 0 Å². The molecule has 2 unspecified atom stereocenters. The quantitative estimate of drug-likeness (QED) is 0.828. The molecule has 0 spiro atoms. The zero-order valence-electron chi connectivity index (χ0n) is 10.9. The van der Waals surface area contributed by atoms with E-state index in [-0.39, 0.29) is 5.69 Å². The smallest absolute Gasteiger partial charge is 0.267 e. The minimum atomic E-state index is -0.519. The van der Waals surface area contributed by atoms with Gasteiger partial charge < -0.3 is 16.4 Å². The Bertz CT molecular complexity index is 460. The molecule has 2 rings (SSSR count). The molecule has 0 aromatic carbocycles. The number of nitrogens with two attached hydrogens (primary N) is 2. The van der Waals surface area contributed by atoms with Gasteiger partial charge in [-0.1, -0.05) is 6.92 Å². The van der Waals surface area contributed by atoms with E-state index in [0.717, 1.165) is 13.0 Å². The molecule has 5 heteroatoms. The van der Waals surface area contributed by atoms with Crippen molar-refractivity contribution >= 4 is 17.4 Å². The number of carbonyl (C=O) groups is 1. The summed E-state index contributed by atoms with van der Waals surface area (Å²) >= 11 is 0. The summed E-state index contributed by atoms with van der Waals surface area (Å²) in [6.07, 6.45) is 2.33. The fraction of sp³-hybridized carbons (Fsp3) is 0.538. The van der Waals surface area contributed by atoms with Crippen LogP contribution in [0.15, 0.2) is 12.1 Å². The Balaban J connectivity index is 2.37. The Kier molecular flexibility index (Phi) is 3.41. The molecule has 1 aromatic rings. The van der Waals surface area contributed by atoms with Gasteiger partial charge in [0.1, 0.15) is 5.69 Å². The number of rotatable bonds is 2. The van der Waals surface area contributed by atoms with Crippen molar-refractivity contribution in [3.8, 4) is 0 Å². The maximum absolute atomic E-state index is 11.2. The number of pyridine rings is 1. The van der Waals surface area contributed by atoms with E-state index in [4.69, 9.17) is 11.5 Å². The van der Waals surface area contributed by atoms with Crippen LogP contribution in [0.5, 0.6) is 0 Å². The number of nitrogens with zero attached hydrogens (tertiary/aromatic N) is 2. The lowest BCUT2D eigenvalue weighted by molar-refractivity contribution is 0.0995. The summed E-state index contributed by atoms with van der Waals surface area (Å²) in [6.45, 7) is 5.32. The Labute approximate surface area is 107 Å². The van der Waals surface area contributed by atoms with E-state index in [1.54, 1.807) is 12.1 Å². The van der Waals surface area contributed by atoms with Gasteiger partial charge in [0.25, 0.3) is 5.91 Å². The van der Waals surface area contributed by atoms with Crippen LogP contribution in [0.1, 0.15) is 37.2 Å². The zero-order chi connectivity index (χ0) is 13.3. The second-order valence-corrected chi connectivity index (χ2v) is 5.03. The minimum Gasteiger partial charge on any atom is -0.396 e. The van der Waals surface area contributed by atoms with Crippen molar-refractivity contribution < 1.29 is 4.79 Å². The molecule has 2 atom stereocenters. The number of primary amides is 1. The van der Waals surface area contributed by atoms with Gasteiger partial charge in [-0.2, -0.15) is 0 Å². The lowest BCUT2D eigenvalue weighted by Crippen LogP contribution is -2.43. The van der Waals surface area contributed by atoms with E-state index in [1.165, 1.54) is 6.42 Å². The molecule has 0 radical (unpaired) electrons. The maximum atomic E-state index is 11.2. The van der Waals surface area contributed by atoms with Gasteiger partial charge in [-0.25, -0.2) is 4.98 Å². The van der Waals surface area contributed by atoms with Crippen LogP contribution < -0.4 is 16.4 Å². The summed E-state index contributed by atoms with van der Waals surface area (Å²) in [5.74, 6) is 0.761. The molecule has 0 aliphatic carbocycles. The first-order chi connectivity index (χ1) is 8.50. The van der Waals surface area contributed by atoms with Crippen LogP contribution in [0, 0.1) is 5.92 Å². The molecule has 2 heterocycles. The topological polar surface area (TPSA) is 85.2 Å². The third kappa shape index (κ3) is 2.25. The van der Waals surface area contributed by atoms with Gasteiger partial charge in [-0.05, 0) is 37.8 Å². The zero-order valence-corrected chi connectivity index (χ0v) is 10.9. The molecule has 0 saturated carbocycles. The van der Waals surface area contributed by atoms with Gasteiger partial charge in [0.2, 0.25) is 0 Å². The van der Waals surface area contributed by atoms with Crippen LogP contribution >= 0.6 is 0 Å². The number of piperidine rings is 1. The lowest BCUT2D eigenvalue weighted by Gasteiger charge is -2.39. The molecule has 0 bridgehead atoms. The standard InChI is InChI=1S/C13H20N4O/c1-8-4-3-7-17(9(8)2)13-10(14)5-6-11(16-13)12(15)18/h5-6,8-9H,3-4,7,14H2,1-2H3,(H2,15,18). The first-order valence-electron chi connectivity index (χ1n) is 6.33. The molecule has 98 valence electrons. The molecule has 1 aliphatic rings. The molecular formula is C13H20N4O. The monoisotopic (exact) mass is 248 g/mol. The molecule has 1 saturated heterocycles. The SMILES string of the molecule is CC1CCCN(c2nc(C(N)=O)ccc2N)C1C. The summed E-state index contributed by atoms with van der Waals surface area (Å²) in [5.41, 5.74) is 12.1. The third-order valence-corrected chi connectivity index (χ3v) is 3.80. The molecular weight excluding hydrogens is 228 g/mol. The molecule has 5 nitrogen and oxygen atoms in total. The molecule has 1 fully saturated rings. The lowest BCUT2D eigenvalue weighted by atomic mass is 9.92. The van der Waals surface area contributed by atoms with E-state index in [1.807, 2.05) is 0 Å². The fourth-order valence-corrected chi connectivity index (χ4v) is 2.46. The third-order valence-electron chi connectivity index (χ3n) is 3.80. The number of aromatic nitrogens is 1. The van der Waals surface area contributed by atoms with Gasteiger partial charge >= 0.3 is 0 Å². The Morgan fingerprint density at radius 1 is 1.44 bits per heavy atom. The largest absolute Gasteiger partial charge is 0.396 e. The number of hydrogen-bond acceptors (Lipinski definition) is 4. The van der Waals surface area contributed by atoms with Crippen molar-refractivity contribution in [1.29, 1.82) is 0 Å². The number of hydrogen-bond donors (Lipinski definition) is 2. The summed E-state index contributed by atoms with van der Waals surface area (Å²) < 4.78 is 0. The molecule has 1 amide bonds. The van der Waals surface area contributed by atoms with E-state index in [9.17, 15) is 4.79 Å². The van der Waals surface area contributed by atoms with Crippen molar-refractivity contribution in [3.63, 3.8) is 0 Å². The number of anilines is 2. The van der Waals surface area contributed by atoms with Gasteiger partial charge in [0, 0.05) is 12.6 Å². The van der Waals surface area contributed by atoms with E-state index in [2.05, 4.69) is 23.7 Å². The van der Waals surface area contributed by atoms with Crippen molar-refractivity contribution in [2.45, 2.75) is 32.7 Å². The highest BCUT2D eigenvalue weighted by molar-refractivity contribution is 5.91. The predicted molar refractivity (Wildman–Crippen MR) is 72.4 cm³/mol. The van der Waals surface area contributed by atoms with Crippen molar-refractivity contribution in [3.05, 3.63) is 17.8 Å². The second kappa shape index (κ2) is 4.84. The van der Waals surface area contributed by atoms with Crippen molar-refractivity contribution in [1.82, 2.24) is 4.98 Å². The van der Waals surface area contributed by atoms with Crippen LogP contribution in [-0.4, -0.2) is 23.5 Å². The number of nitrogen functional groups attached to an aromatic ring is 1. The normalized spacial score (nSPS) is 24.0.